The Labute approximate surface area is 205 Å². The van der Waals surface area contributed by atoms with Gasteiger partial charge in [0.15, 0.2) is 11.5 Å². The number of para-hydroxylation sites is 1. The van der Waals surface area contributed by atoms with E-state index in [9.17, 15) is 4.79 Å². The molecule has 0 atom stereocenters. The molecule has 180 valence electrons. The van der Waals surface area contributed by atoms with Crippen molar-refractivity contribution in [2.45, 2.75) is 39.7 Å². The van der Waals surface area contributed by atoms with E-state index in [1.807, 2.05) is 49.5 Å². The van der Waals surface area contributed by atoms with Gasteiger partial charge in [-0.05, 0) is 55.2 Å². The zero-order chi connectivity index (χ0) is 24.5. The van der Waals surface area contributed by atoms with E-state index in [2.05, 4.69) is 22.5 Å². The summed E-state index contributed by atoms with van der Waals surface area (Å²) in [7, 11) is 3.28. The molecule has 0 radical (unpaired) electrons. The molecule has 0 amide bonds. The molecule has 0 saturated heterocycles. The van der Waals surface area contributed by atoms with Crippen LogP contribution in [0.25, 0.3) is 33.3 Å². The summed E-state index contributed by atoms with van der Waals surface area (Å²) in [6, 6.07) is 14.1. The van der Waals surface area contributed by atoms with Crippen molar-refractivity contribution >= 4 is 16.9 Å². The van der Waals surface area contributed by atoms with Gasteiger partial charge < -0.3 is 18.8 Å². The second-order valence-corrected chi connectivity index (χ2v) is 8.66. The largest absolute Gasteiger partial charge is 0.493 e. The molecule has 35 heavy (non-hydrogen) atoms. The van der Waals surface area contributed by atoms with Gasteiger partial charge in [-0.1, -0.05) is 31.5 Å². The number of carbonyl (C=O) groups excluding carboxylic acids is 1. The van der Waals surface area contributed by atoms with E-state index in [0.717, 1.165) is 70.4 Å². The van der Waals surface area contributed by atoms with Crippen molar-refractivity contribution in [3.8, 4) is 33.9 Å². The number of rotatable bonds is 7. The standard InChI is InChI=1S/C29H30N2O4/c1-5-9-23-26(20-12-14-30-22-11-8-7-10-19(20)22)27(29(32)35-6-2)28-21-17-25(34-4)24(33-3)16-18(21)13-15-31(23)28/h7-8,10-12,14,16-17H,5-6,9,13,15H2,1-4H3. The van der Waals surface area contributed by atoms with Crippen molar-refractivity contribution in [3.63, 3.8) is 0 Å². The van der Waals surface area contributed by atoms with Crippen LogP contribution in [0.15, 0.2) is 48.7 Å². The summed E-state index contributed by atoms with van der Waals surface area (Å²) in [6.45, 7) is 5.10. The van der Waals surface area contributed by atoms with E-state index < -0.39 is 0 Å². The van der Waals surface area contributed by atoms with Crippen molar-refractivity contribution in [1.29, 1.82) is 0 Å². The summed E-state index contributed by atoms with van der Waals surface area (Å²) >= 11 is 0. The van der Waals surface area contributed by atoms with Crippen LogP contribution in [0.1, 0.15) is 41.9 Å². The molecule has 0 bridgehead atoms. The Morgan fingerprint density at radius 1 is 1.03 bits per heavy atom. The van der Waals surface area contributed by atoms with Gasteiger partial charge in [-0.3, -0.25) is 4.98 Å². The van der Waals surface area contributed by atoms with E-state index in [-0.39, 0.29) is 5.97 Å². The lowest BCUT2D eigenvalue weighted by atomic mass is 9.92. The summed E-state index contributed by atoms with van der Waals surface area (Å²) in [5.41, 5.74) is 7.63. The highest BCUT2D eigenvalue weighted by atomic mass is 16.5. The maximum Gasteiger partial charge on any atom is 0.340 e. The van der Waals surface area contributed by atoms with Crippen molar-refractivity contribution in [1.82, 2.24) is 9.55 Å². The topological polar surface area (TPSA) is 62.6 Å². The first-order valence-electron chi connectivity index (χ1n) is 12.1. The number of fused-ring (bicyclic) bond motifs is 4. The second-order valence-electron chi connectivity index (χ2n) is 8.66. The van der Waals surface area contributed by atoms with Gasteiger partial charge in [-0.2, -0.15) is 0 Å². The molecule has 1 aliphatic rings. The Morgan fingerprint density at radius 2 is 1.80 bits per heavy atom. The smallest absolute Gasteiger partial charge is 0.340 e. The average Bonchev–Trinajstić information content (AvgIpc) is 3.22. The Morgan fingerprint density at radius 3 is 2.54 bits per heavy atom. The molecule has 6 nitrogen and oxygen atoms in total. The highest BCUT2D eigenvalue weighted by Gasteiger charge is 2.33. The van der Waals surface area contributed by atoms with Crippen LogP contribution in [-0.4, -0.2) is 36.3 Å². The zero-order valence-electron chi connectivity index (χ0n) is 20.7. The van der Waals surface area contributed by atoms with Crippen LogP contribution in [0.3, 0.4) is 0 Å². The van der Waals surface area contributed by atoms with Gasteiger partial charge in [0.1, 0.15) is 0 Å². The van der Waals surface area contributed by atoms with Crippen molar-refractivity contribution in [3.05, 3.63) is 65.5 Å². The van der Waals surface area contributed by atoms with Gasteiger partial charge in [-0.15, -0.1) is 0 Å². The lowest BCUT2D eigenvalue weighted by Gasteiger charge is -2.24. The zero-order valence-corrected chi connectivity index (χ0v) is 20.7. The number of pyridine rings is 1. The normalized spacial score (nSPS) is 12.2. The Kier molecular flexibility index (Phi) is 6.20. The van der Waals surface area contributed by atoms with Gasteiger partial charge in [0.2, 0.25) is 0 Å². The second kappa shape index (κ2) is 9.45. The number of methoxy groups -OCH3 is 2. The molecule has 3 heterocycles. The van der Waals surface area contributed by atoms with Crippen LogP contribution in [0.4, 0.5) is 0 Å². The molecule has 0 aliphatic carbocycles. The minimum atomic E-state index is -0.308. The Balaban J connectivity index is 1.89. The number of aromatic nitrogens is 2. The molecule has 0 saturated carbocycles. The molecule has 0 spiro atoms. The van der Waals surface area contributed by atoms with Crippen LogP contribution in [0.5, 0.6) is 11.5 Å². The first-order chi connectivity index (χ1) is 17.1. The molecule has 0 unspecified atom stereocenters. The first-order valence-corrected chi connectivity index (χ1v) is 12.1. The summed E-state index contributed by atoms with van der Waals surface area (Å²) in [5, 5.41) is 1.02. The molecule has 2 aromatic carbocycles. The number of nitrogens with zero attached hydrogens (tertiary/aromatic N) is 2. The third kappa shape index (κ3) is 3.73. The monoisotopic (exact) mass is 470 g/mol. The van der Waals surface area contributed by atoms with Crippen LogP contribution in [0, 0.1) is 0 Å². The van der Waals surface area contributed by atoms with E-state index in [0.29, 0.717) is 23.7 Å². The van der Waals surface area contributed by atoms with Gasteiger partial charge >= 0.3 is 5.97 Å². The van der Waals surface area contributed by atoms with Gasteiger partial charge in [0.05, 0.1) is 37.6 Å². The molecule has 0 N–H and O–H groups in total. The molecular formula is C29H30N2O4. The minimum absolute atomic E-state index is 0.307. The van der Waals surface area contributed by atoms with E-state index >= 15 is 0 Å². The fourth-order valence-electron chi connectivity index (χ4n) is 5.28. The Bertz CT molecular complexity index is 1410. The van der Waals surface area contributed by atoms with Crippen molar-refractivity contribution in [2.75, 3.05) is 20.8 Å². The Hall–Kier alpha value is -3.80. The van der Waals surface area contributed by atoms with Gasteiger partial charge in [0.25, 0.3) is 0 Å². The molecule has 0 fully saturated rings. The molecule has 1 aliphatic heterocycles. The predicted molar refractivity (Wildman–Crippen MR) is 137 cm³/mol. The minimum Gasteiger partial charge on any atom is -0.493 e. The van der Waals surface area contributed by atoms with E-state index in [4.69, 9.17) is 14.2 Å². The number of hydrogen-bond acceptors (Lipinski definition) is 5. The highest BCUT2D eigenvalue weighted by molar-refractivity contribution is 6.09. The third-order valence-corrected chi connectivity index (χ3v) is 6.73. The van der Waals surface area contributed by atoms with Crippen LogP contribution in [0.2, 0.25) is 0 Å². The van der Waals surface area contributed by atoms with E-state index in [1.54, 1.807) is 14.2 Å². The quantitative estimate of drug-likeness (QED) is 0.307. The summed E-state index contributed by atoms with van der Waals surface area (Å²) in [5.74, 6) is 1.03. The molecule has 6 heteroatoms. The highest BCUT2D eigenvalue weighted by Crippen LogP contribution is 2.46. The molecule has 4 aromatic rings. The van der Waals surface area contributed by atoms with Crippen molar-refractivity contribution < 1.29 is 19.0 Å². The maximum absolute atomic E-state index is 13.6. The lowest BCUT2D eigenvalue weighted by molar-refractivity contribution is 0.0528. The van der Waals surface area contributed by atoms with Crippen molar-refractivity contribution in [2.24, 2.45) is 0 Å². The third-order valence-electron chi connectivity index (χ3n) is 6.73. The van der Waals surface area contributed by atoms with E-state index in [1.165, 1.54) is 0 Å². The number of aryl methyl sites for hydroxylation is 1. The predicted octanol–water partition coefficient (Wildman–Crippen LogP) is 6.07. The average molecular weight is 471 g/mol. The summed E-state index contributed by atoms with van der Waals surface area (Å²) in [4.78, 5) is 18.2. The molecule has 5 rings (SSSR count). The van der Waals surface area contributed by atoms with Crippen LogP contribution < -0.4 is 9.47 Å². The number of esters is 1. The first kappa shape index (κ1) is 23.0. The number of benzene rings is 2. The fraction of sp³-hybridized carbons (Fsp3) is 0.310. The number of hydrogen-bond donors (Lipinski definition) is 0. The maximum atomic E-state index is 13.6. The van der Waals surface area contributed by atoms with Crippen LogP contribution in [-0.2, 0) is 24.1 Å². The van der Waals surface area contributed by atoms with Gasteiger partial charge in [0, 0.05) is 34.9 Å². The fourth-order valence-corrected chi connectivity index (χ4v) is 5.28. The summed E-state index contributed by atoms with van der Waals surface area (Å²) in [6.07, 6.45) is 4.47. The summed E-state index contributed by atoms with van der Waals surface area (Å²) < 4.78 is 19.2. The SMILES string of the molecule is CCCc1c(-c2ccnc3ccccc23)c(C(=O)OCC)c2n1CCc1cc(OC)c(OC)cc1-2. The molecular weight excluding hydrogens is 440 g/mol. The van der Waals surface area contributed by atoms with Gasteiger partial charge in [-0.25, -0.2) is 4.79 Å². The number of carbonyl (C=O) groups is 1. The number of ether oxygens (including phenoxy) is 3. The lowest BCUT2D eigenvalue weighted by Crippen LogP contribution is -2.15. The molecule has 2 aromatic heterocycles. The van der Waals surface area contributed by atoms with Crippen LogP contribution >= 0.6 is 0 Å².